The first-order valence-electron chi connectivity index (χ1n) is 3.78. The van der Waals surface area contributed by atoms with Crippen LogP contribution in [-0.4, -0.2) is 12.6 Å². The van der Waals surface area contributed by atoms with Crippen molar-refractivity contribution in [1.29, 1.82) is 0 Å². The second-order valence-corrected chi connectivity index (χ2v) is 4.64. The summed E-state index contributed by atoms with van der Waals surface area (Å²) in [5, 5.41) is 0. The van der Waals surface area contributed by atoms with Crippen molar-refractivity contribution in [3.63, 3.8) is 0 Å². The van der Waals surface area contributed by atoms with Gasteiger partial charge in [0.1, 0.15) is 0 Å². The van der Waals surface area contributed by atoms with E-state index in [-0.39, 0.29) is 5.97 Å². The van der Waals surface area contributed by atoms with Crippen molar-refractivity contribution >= 4 is 51.2 Å². The topological polar surface area (TPSA) is 26.3 Å². The third-order valence-corrected chi connectivity index (χ3v) is 3.24. The van der Waals surface area contributed by atoms with Crippen molar-refractivity contribution in [3.05, 3.63) is 30.9 Å². The molecule has 0 unspecified atom stereocenters. The van der Waals surface area contributed by atoms with Gasteiger partial charge in [-0.2, -0.15) is 0 Å². The Labute approximate surface area is 104 Å². The molecule has 0 fully saturated rings. The average Bonchev–Trinajstić information content (AvgIpc) is 2.04. The van der Waals surface area contributed by atoms with E-state index in [0.717, 1.165) is 7.14 Å². The predicted molar refractivity (Wildman–Crippen MR) is 67.8 cm³/mol. The number of rotatable bonds is 2. The third-order valence-electron chi connectivity index (χ3n) is 1.44. The van der Waals surface area contributed by atoms with E-state index in [4.69, 9.17) is 4.74 Å². The largest absolute Gasteiger partial charge is 0.462 e. The zero-order valence-electron chi connectivity index (χ0n) is 7.01. The molecule has 0 aliphatic heterocycles. The molecule has 0 aliphatic rings. The van der Waals surface area contributed by atoms with Crippen LogP contribution in [0.15, 0.2) is 18.2 Å². The van der Waals surface area contributed by atoms with Crippen LogP contribution in [0.4, 0.5) is 0 Å². The van der Waals surface area contributed by atoms with Gasteiger partial charge in [-0.25, -0.2) is 4.79 Å². The van der Waals surface area contributed by atoms with E-state index in [1.165, 1.54) is 0 Å². The van der Waals surface area contributed by atoms with Crippen molar-refractivity contribution in [1.82, 2.24) is 0 Å². The Morgan fingerprint density at radius 3 is 2.38 bits per heavy atom. The van der Waals surface area contributed by atoms with Gasteiger partial charge in [0.15, 0.2) is 0 Å². The molecule has 0 heterocycles. The highest BCUT2D eigenvalue weighted by Gasteiger charge is 2.13. The van der Waals surface area contributed by atoms with Crippen LogP contribution in [0, 0.1) is 7.14 Å². The first kappa shape index (κ1) is 11.2. The fraction of sp³-hybridized carbons (Fsp3) is 0.222. The Morgan fingerprint density at radius 2 is 1.92 bits per heavy atom. The van der Waals surface area contributed by atoms with Crippen LogP contribution < -0.4 is 0 Å². The molecule has 0 bridgehead atoms. The molecule has 0 atom stereocenters. The van der Waals surface area contributed by atoms with Gasteiger partial charge < -0.3 is 4.74 Å². The molecule has 0 saturated carbocycles. The first-order valence-corrected chi connectivity index (χ1v) is 5.93. The number of halogens is 2. The minimum absolute atomic E-state index is 0.239. The molecule has 13 heavy (non-hydrogen) atoms. The number of benzene rings is 1. The highest BCUT2D eigenvalue weighted by Crippen LogP contribution is 2.19. The maximum Gasteiger partial charge on any atom is 0.340 e. The van der Waals surface area contributed by atoms with Gasteiger partial charge >= 0.3 is 5.97 Å². The maximum atomic E-state index is 11.5. The number of carbonyl (C=O) groups excluding carboxylic acids is 1. The van der Waals surface area contributed by atoms with Crippen LogP contribution in [0.3, 0.4) is 0 Å². The smallest absolute Gasteiger partial charge is 0.340 e. The molecule has 1 aromatic carbocycles. The Hall–Kier alpha value is 0.150. The molecule has 0 amide bonds. The van der Waals surface area contributed by atoms with Crippen molar-refractivity contribution < 1.29 is 9.53 Å². The molecular formula is C9H8I2O2. The molecule has 0 spiro atoms. The summed E-state index contributed by atoms with van der Waals surface area (Å²) in [6.07, 6.45) is 0. The number of ether oxygens (including phenoxy) is 1. The quantitative estimate of drug-likeness (QED) is 0.562. The molecule has 1 rings (SSSR count). The minimum Gasteiger partial charge on any atom is -0.462 e. The zero-order chi connectivity index (χ0) is 9.84. The van der Waals surface area contributed by atoms with Crippen molar-refractivity contribution in [3.8, 4) is 0 Å². The number of hydrogen-bond acceptors (Lipinski definition) is 2. The van der Waals surface area contributed by atoms with Gasteiger partial charge in [0.05, 0.1) is 12.2 Å². The molecule has 4 heteroatoms. The van der Waals surface area contributed by atoms with Crippen LogP contribution in [-0.2, 0) is 4.74 Å². The summed E-state index contributed by atoms with van der Waals surface area (Å²) in [7, 11) is 0. The predicted octanol–water partition coefficient (Wildman–Crippen LogP) is 3.07. The first-order chi connectivity index (χ1) is 6.16. The maximum absolute atomic E-state index is 11.5. The monoisotopic (exact) mass is 402 g/mol. The van der Waals surface area contributed by atoms with Crippen molar-refractivity contribution in [2.24, 2.45) is 0 Å². The van der Waals surface area contributed by atoms with Gasteiger partial charge in [-0.3, -0.25) is 0 Å². The average molecular weight is 402 g/mol. The lowest BCUT2D eigenvalue weighted by Gasteiger charge is -2.05. The zero-order valence-corrected chi connectivity index (χ0v) is 11.3. The molecule has 0 aliphatic carbocycles. The fourth-order valence-corrected chi connectivity index (χ4v) is 2.85. The standard InChI is InChI=1S/C9H8I2O2/c1-2-13-9(12)8-6(10)4-3-5-7(8)11/h3-5H,2H2,1H3. The van der Waals surface area contributed by atoms with E-state index in [9.17, 15) is 4.79 Å². The van der Waals surface area contributed by atoms with Crippen LogP contribution >= 0.6 is 45.2 Å². The summed E-state index contributed by atoms with van der Waals surface area (Å²) in [5.41, 5.74) is 0.672. The van der Waals surface area contributed by atoms with E-state index in [1.54, 1.807) is 6.92 Å². The van der Waals surface area contributed by atoms with Crippen molar-refractivity contribution in [2.45, 2.75) is 6.92 Å². The van der Waals surface area contributed by atoms with Gasteiger partial charge in [-0.15, -0.1) is 0 Å². The van der Waals surface area contributed by atoms with Crippen LogP contribution in [0.25, 0.3) is 0 Å². The summed E-state index contributed by atoms with van der Waals surface area (Å²) >= 11 is 4.27. The Kier molecular flexibility index (Phi) is 4.43. The highest BCUT2D eigenvalue weighted by atomic mass is 127. The summed E-state index contributed by atoms with van der Waals surface area (Å²) in [6, 6.07) is 5.72. The Morgan fingerprint density at radius 1 is 1.38 bits per heavy atom. The Balaban J connectivity index is 3.05. The molecule has 70 valence electrons. The van der Waals surface area contributed by atoms with Gasteiger partial charge in [-0.05, 0) is 64.2 Å². The number of carbonyl (C=O) groups is 1. The molecular weight excluding hydrogens is 394 g/mol. The van der Waals surface area contributed by atoms with E-state index in [2.05, 4.69) is 45.2 Å². The second-order valence-electron chi connectivity index (χ2n) is 2.32. The summed E-state index contributed by atoms with van der Waals surface area (Å²) < 4.78 is 6.81. The Bertz CT molecular complexity index is 303. The lowest BCUT2D eigenvalue weighted by atomic mass is 10.2. The second kappa shape index (κ2) is 5.14. The van der Waals surface area contributed by atoms with Gasteiger partial charge in [-0.1, -0.05) is 6.07 Å². The molecule has 0 aromatic heterocycles. The SMILES string of the molecule is CCOC(=O)c1c(I)cccc1I. The van der Waals surface area contributed by atoms with E-state index >= 15 is 0 Å². The van der Waals surface area contributed by atoms with Crippen LogP contribution in [0.2, 0.25) is 0 Å². The van der Waals surface area contributed by atoms with Gasteiger partial charge in [0.25, 0.3) is 0 Å². The third kappa shape index (κ3) is 2.80. The summed E-state index contributed by atoms with van der Waals surface area (Å²) in [4.78, 5) is 11.5. The van der Waals surface area contributed by atoms with Crippen LogP contribution in [0.5, 0.6) is 0 Å². The number of esters is 1. The normalized spacial score (nSPS) is 9.77. The molecule has 0 saturated heterocycles. The van der Waals surface area contributed by atoms with Gasteiger partial charge in [0, 0.05) is 7.14 Å². The van der Waals surface area contributed by atoms with Crippen molar-refractivity contribution in [2.75, 3.05) is 6.61 Å². The molecule has 2 nitrogen and oxygen atoms in total. The fourth-order valence-electron chi connectivity index (χ4n) is 0.896. The van der Waals surface area contributed by atoms with E-state index in [1.807, 2.05) is 18.2 Å². The molecule has 1 aromatic rings. The lowest BCUT2D eigenvalue weighted by Crippen LogP contribution is -2.08. The van der Waals surface area contributed by atoms with E-state index < -0.39 is 0 Å². The summed E-state index contributed by atoms with van der Waals surface area (Å²) in [6.45, 7) is 2.22. The highest BCUT2D eigenvalue weighted by molar-refractivity contribution is 14.1. The van der Waals surface area contributed by atoms with Gasteiger partial charge in [0.2, 0.25) is 0 Å². The van der Waals surface area contributed by atoms with E-state index in [0.29, 0.717) is 12.2 Å². The number of hydrogen-bond donors (Lipinski definition) is 0. The van der Waals surface area contributed by atoms with Crippen LogP contribution in [0.1, 0.15) is 17.3 Å². The molecule has 0 N–H and O–H groups in total. The minimum atomic E-state index is -0.239. The molecule has 0 radical (unpaired) electrons. The summed E-state index contributed by atoms with van der Waals surface area (Å²) in [5.74, 6) is -0.239. The lowest BCUT2D eigenvalue weighted by molar-refractivity contribution is 0.0524.